The van der Waals surface area contributed by atoms with Gasteiger partial charge in [0.05, 0.1) is 0 Å². The smallest absolute Gasteiger partial charge is 0.317 e. The predicted molar refractivity (Wildman–Crippen MR) is 69.0 cm³/mol. The van der Waals surface area contributed by atoms with Gasteiger partial charge < -0.3 is 10.3 Å². The molecule has 3 N–H and O–H groups in total. The van der Waals surface area contributed by atoms with Crippen molar-refractivity contribution in [2.45, 2.75) is 42.5 Å². The predicted octanol–water partition coefficient (Wildman–Crippen LogP) is 0.685. The molecule has 0 aliphatic carbocycles. The molecule has 1 aromatic heterocycles. The minimum Gasteiger partial charge on any atom is -0.480 e. The molecule has 0 radical (unpaired) electrons. The Morgan fingerprint density at radius 1 is 1.42 bits per heavy atom. The van der Waals surface area contributed by atoms with Crippen LogP contribution in [-0.4, -0.2) is 48.3 Å². The van der Waals surface area contributed by atoms with Crippen molar-refractivity contribution >= 4 is 17.7 Å². The fraction of sp³-hybridized carbons (Fsp3) is 0.800. The van der Waals surface area contributed by atoms with E-state index in [2.05, 4.69) is 21.0 Å². The maximum absolute atomic E-state index is 11.2. The molecule has 19 heavy (non-hydrogen) atoms. The SMILES string of the molecule is Cn1nnnc1SC(CCCCCCNO)C(=O)O. The normalized spacial score (nSPS) is 12.5. The zero-order valence-electron chi connectivity index (χ0n) is 10.8. The van der Waals surface area contributed by atoms with E-state index in [1.807, 2.05) is 0 Å². The second-order valence-electron chi connectivity index (χ2n) is 4.14. The number of thioether (sulfide) groups is 1. The zero-order valence-corrected chi connectivity index (χ0v) is 11.6. The molecule has 0 aromatic carbocycles. The number of aromatic nitrogens is 4. The van der Waals surface area contributed by atoms with Crippen molar-refractivity contribution in [1.82, 2.24) is 25.7 Å². The first kappa shape index (κ1) is 15.9. The van der Waals surface area contributed by atoms with Gasteiger partial charge in [0.2, 0.25) is 5.16 Å². The van der Waals surface area contributed by atoms with Crippen LogP contribution in [0, 0.1) is 0 Å². The number of nitrogens with zero attached hydrogens (tertiary/aromatic N) is 4. The molecule has 1 aromatic rings. The van der Waals surface area contributed by atoms with Crippen LogP contribution in [-0.2, 0) is 11.8 Å². The molecule has 1 rings (SSSR count). The number of hydrogen-bond acceptors (Lipinski definition) is 7. The van der Waals surface area contributed by atoms with Gasteiger partial charge in [-0.25, -0.2) is 10.2 Å². The van der Waals surface area contributed by atoms with Gasteiger partial charge >= 0.3 is 5.97 Å². The summed E-state index contributed by atoms with van der Waals surface area (Å²) in [5, 5.41) is 28.5. The van der Waals surface area contributed by atoms with Gasteiger partial charge in [-0.05, 0) is 23.3 Å². The van der Waals surface area contributed by atoms with Gasteiger partial charge in [-0.3, -0.25) is 4.79 Å². The van der Waals surface area contributed by atoms with Gasteiger partial charge in [-0.2, -0.15) is 0 Å². The van der Waals surface area contributed by atoms with Crippen LogP contribution in [0.3, 0.4) is 0 Å². The number of hydrogen-bond donors (Lipinski definition) is 3. The average Bonchev–Trinajstić information content (AvgIpc) is 2.77. The number of carbonyl (C=O) groups is 1. The highest BCUT2D eigenvalue weighted by molar-refractivity contribution is 8.00. The number of nitrogens with one attached hydrogen (secondary N) is 1. The van der Waals surface area contributed by atoms with Crippen LogP contribution in [0.2, 0.25) is 0 Å². The fourth-order valence-electron chi connectivity index (χ4n) is 1.57. The van der Waals surface area contributed by atoms with Crippen LogP contribution >= 0.6 is 11.8 Å². The van der Waals surface area contributed by atoms with E-state index >= 15 is 0 Å². The third-order valence-corrected chi connectivity index (χ3v) is 3.89. The van der Waals surface area contributed by atoms with Crippen LogP contribution in [0.25, 0.3) is 0 Å². The quantitative estimate of drug-likeness (QED) is 0.327. The standard InChI is InChI=1S/C10H19N5O3S/c1-15-10(12-13-14-15)19-8(9(16)17)6-4-2-3-5-7-11-18/h8,11,18H,2-7H2,1H3,(H,16,17). The van der Waals surface area contributed by atoms with Crippen LogP contribution in [0.15, 0.2) is 5.16 Å². The number of aliphatic carboxylic acids is 1. The summed E-state index contributed by atoms with van der Waals surface area (Å²) in [6.45, 7) is 0.571. The number of tetrazole rings is 1. The Labute approximate surface area is 115 Å². The summed E-state index contributed by atoms with van der Waals surface area (Å²) in [4.78, 5) is 11.2. The average molecular weight is 289 g/mol. The van der Waals surface area contributed by atoms with Gasteiger partial charge in [0.25, 0.3) is 0 Å². The van der Waals surface area contributed by atoms with Crippen molar-refractivity contribution in [3.8, 4) is 0 Å². The number of aryl methyl sites for hydroxylation is 1. The summed E-state index contributed by atoms with van der Waals surface area (Å²) in [6.07, 6.45) is 4.22. The lowest BCUT2D eigenvalue weighted by Gasteiger charge is -2.10. The van der Waals surface area contributed by atoms with Gasteiger partial charge in [0.1, 0.15) is 5.25 Å². The minimum absolute atomic E-state index is 0.511. The summed E-state index contributed by atoms with van der Waals surface area (Å²) >= 11 is 1.17. The van der Waals surface area contributed by atoms with Gasteiger partial charge in [0, 0.05) is 13.6 Å². The second-order valence-corrected chi connectivity index (χ2v) is 5.31. The van der Waals surface area contributed by atoms with Gasteiger partial charge in [0.15, 0.2) is 0 Å². The molecule has 8 nitrogen and oxygen atoms in total. The molecular formula is C10H19N5O3S. The Morgan fingerprint density at radius 3 is 2.74 bits per heavy atom. The molecule has 0 bridgehead atoms. The second kappa shape index (κ2) is 8.83. The first-order valence-corrected chi connectivity index (χ1v) is 7.02. The van der Waals surface area contributed by atoms with Crippen LogP contribution < -0.4 is 5.48 Å². The van der Waals surface area contributed by atoms with Crippen LogP contribution in [0.1, 0.15) is 32.1 Å². The van der Waals surface area contributed by atoms with Crippen molar-refractivity contribution in [2.24, 2.45) is 7.05 Å². The highest BCUT2D eigenvalue weighted by Gasteiger charge is 2.21. The van der Waals surface area contributed by atoms with E-state index in [4.69, 9.17) is 10.3 Å². The monoisotopic (exact) mass is 289 g/mol. The molecular weight excluding hydrogens is 270 g/mol. The molecule has 1 atom stereocenters. The topological polar surface area (TPSA) is 113 Å². The first-order valence-electron chi connectivity index (χ1n) is 6.14. The molecule has 0 saturated heterocycles. The number of unbranched alkanes of at least 4 members (excludes halogenated alkanes) is 3. The molecule has 0 amide bonds. The molecule has 1 heterocycles. The lowest BCUT2D eigenvalue weighted by Crippen LogP contribution is -2.17. The molecule has 108 valence electrons. The molecule has 0 spiro atoms. The Kier molecular flexibility index (Phi) is 7.38. The number of carboxylic acids is 1. The van der Waals surface area contributed by atoms with E-state index in [0.717, 1.165) is 25.7 Å². The van der Waals surface area contributed by atoms with Crippen molar-refractivity contribution in [1.29, 1.82) is 0 Å². The summed E-state index contributed by atoms with van der Waals surface area (Å²) in [7, 11) is 1.68. The molecule has 1 unspecified atom stereocenters. The number of rotatable bonds is 10. The van der Waals surface area contributed by atoms with Crippen molar-refractivity contribution in [2.75, 3.05) is 6.54 Å². The molecule has 9 heteroatoms. The van der Waals surface area contributed by atoms with Crippen molar-refractivity contribution in [3.05, 3.63) is 0 Å². The fourth-order valence-corrected chi connectivity index (χ4v) is 2.48. The lowest BCUT2D eigenvalue weighted by molar-refractivity contribution is -0.136. The lowest BCUT2D eigenvalue weighted by atomic mass is 10.1. The summed E-state index contributed by atoms with van der Waals surface area (Å²) in [5.74, 6) is -0.843. The molecule has 0 fully saturated rings. The van der Waals surface area contributed by atoms with E-state index < -0.39 is 11.2 Å². The third kappa shape index (κ3) is 5.99. The van der Waals surface area contributed by atoms with E-state index in [1.165, 1.54) is 16.4 Å². The summed E-state index contributed by atoms with van der Waals surface area (Å²) in [6, 6.07) is 0. The molecule has 0 saturated carbocycles. The molecule has 0 aliphatic rings. The Hall–Kier alpha value is -1.19. The van der Waals surface area contributed by atoms with E-state index in [0.29, 0.717) is 18.1 Å². The van der Waals surface area contributed by atoms with Crippen LogP contribution in [0.4, 0.5) is 0 Å². The zero-order chi connectivity index (χ0) is 14.1. The minimum atomic E-state index is -0.843. The summed E-state index contributed by atoms with van der Waals surface area (Å²) in [5.41, 5.74) is 2.10. The number of hydroxylamine groups is 1. The maximum atomic E-state index is 11.2. The summed E-state index contributed by atoms with van der Waals surface area (Å²) < 4.78 is 1.47. The van der Waals surface area contributed by atoms with E-state index in [9.17, 15) is 4.79 Å². The van der Waals surface area contributed by atoms with E-state index in [-0.39, 0.29) is 0 Å². The molecule has 0 aliphatic heterocycles. The highest BCUT2D eigenvalue weighted by Crippen LogP contribution is 2.24. The van der Waals surface area contributed by atoms with E-state index in [1.54, 1.807) is 7.05 Å². The Bertz CT molecular complexity index is 387. The van der Waals surface area contributed by atoms with Crippen molar-refractivity contribution < 1.29 is 15.1 Å². The highest BCUT2D eigenvalue weighted by atomic mass is 32.2. The third-order valence-electron chi connectivity index (χ3n) is 2.61. The van der Waals surface area contributed by atoms with Gasteiger partial charge in [-0.15, -0.1) is 5.10 Å². The first-order chi connectivity index (χ1) is 9.15. The largest absolute Gasteiger partial charge is 0.480 e. The van der Waals surface area contributed by atoms with Gasteiger partial charge in [-0.1, -0.05) is 31.0 Å². The maximum Gasteiger partial charge on any atom is 0.317 e. The Morgan fingerprint density at radius 2 is 2.16 bits per heavy atom. The van der Waals surface area contributed by atoms with Crippen LogP contribution in [0.5, 0.6) is 0 Å². The van der Waals surface area contributed by atoms with Crippen molar-refractivity contribution in [3.63, 3.8) is 0 Å². The number of carboxylic acid groups (broad SMARTS) is 1. The Balaban J connectivity index is 2.29.